The first-order valence-corrected chi connectivity index (χ1v) is 19.7. The second kappa shape index (κ2) is 14.7. The van der Waals surface area contributed by atoms with E-state index < -0.39 is 16.1 Å². The Hall–Kier alpha value is -3.55. The van der Waals surface area contributed by atoms with Gasteiger partial charge in [-0.2, -0.15) is 0 Å². The third-order valence-corrected chi connectivity index (χ3v) is 14.1. The number of allylic oxidation sites excluding steroid dienone is 2. The molecule has 0 spiro atoms. The highest BCUT2D eigenvalue weighted by atomic mass is 28.3. The van der Waals surface area contributed by atoms with E-state index in [0.717, 1.165) is 28.2 Å². The SMILES string of the molecule is COc1ccc(C#CC(C#Cc2ccc(OC)cc2)=C(C#C[Si](C)(C)C)C#C[Si](C(C)C)(C(C)C)C(C)C)cc1. The first kappa shape index (κ1) is 32.7. The van der Waals surface area contributed by atoms with Crippen molar-refractivity contribution in [2.75, 3.05) is 14.2 Å². The molecule has 2 aromatic carbocycles. The minimum absolute atomic E-state index is 0.519. The van der Waals surface area contributed by atoms with Gasteiger partial charge in [-0.05, 0) is 65.2 Å². The zero-order chi connectivity index (χ0) is 29.9. The van der Waals surface area contributed by atoms with Crippen LogP contribution < -0.4 is 9.47 Å². The van der Waals surface area contributed by atoms with Gasteiger partial charge in [0.15, 0.2) is 0 Å². The summed E-state index contributed by atoms with van der Waals surface area (Å²) in [6.45, 7) is 20.7. The summed E-state index contributed by atoms with van der Waals surface area (Å²) in [7, 11) is -0.339. The van der Waals surface area contributed by atoms with E-state index in [0.29, 0.717) is 22.2 Å². The molecule has 0 N–H and O–H groups in total. The van der Waals surface area contributed by atoms with Crippen LogP contribution in [0.1, 0.15) is 52.7 Å². The van der Waals surface area contributed by atoms with E-state index in [1.54, 1.807) is 14.2 Å². The molecule has 2 rings (SSSR count). The fraction of sp³-hybridized carbons (Fsp3) is 0.389. The van der Waals surface area contributed by atoms with Gasteiger partial charge in [-0.15, -0.1) is 11.1 Å². The van der Waals surface area contributed by atoms with Gasteiger partial charge < -0.3 is 9.47 Å². The molecule has 0 heterocycles. The van der Waals surface area contributed by atoms with E-state index in [4.69, 9.17) is 9.47 Å². The molecule has 0 amide bonds. The van der Waals surface area contributed by atoms with E-state index in [9.17, 15) is 0 Å². The summed E-state index contributed by atoms with van der Waals surface area (Å²) in [6.07, 6.45) is 0. The van der Waals surface area contributed by atoms with Gasteiger partial charge >= 0.3 is 0 Å². The van der Waals surface area contributed by atoms with Crippen molar-refractivity contribution < 1.29 is 9.47 Å². The fourth-order valence-corrected chi connectivity index (χ4v) is 10.5. The third-order valence-electron chi connectivity index (χ3n) is 6.93. The summed E-state index contributed by atoms with van der Waals surface area (Å²) >= 11 is 0. The number of benzene rings is 2. The Morgan fingerprint density at radius 1 is 0.550 bits per heavy atom. The van der Waals surface area contributed by atoms with Crippen LogP contribution in [0.25, 0.3) is 0 Å². The van der Waals surface area contributed by atoms with Crippen molar-refractivity contribution in [1.82, 2.24) is 0 Å². The summed E-state index contributed by atoms with van der Waals surface area (Å²) in [4.78, 5) is 0. The maximum absolute atomic E-state index is 5.30. The second-order valence-corrected chi connectivity index (χ2v) is 22.2. The summed E-state index contributed by atoms with van der Waals surface area (Å²) in [6, 6.07) is 15.5. The van der Waals surface area contributed by atoms with Crippen LogP contribution in [0.2, 0.25) is 36.3 Å². The number of hydrogen-bond acceptors (Lipinski definition) is 2. The molecule has 2 aromatic rings. The minimum atomic E-state index is -1.98. The standard InChI is InChI=1S/C36H44O2Si2/c1-28(2)40(29(3)4,30(5)6)27-25-34(24-26-39(9,10)11)33(18-12-31-14-20-35(37-7)21-15-31)19-13-32-16-22-36(38-8)23-17-32/h14-17,20-23,28-30H,1-11H3. The summed E-state index contributed by atoms with van der Waals surface area (Å²) < 4.78 is 10.6. The molecule has 0 bridgehead atoms. The Labute approximate surface area is 246 Å². The van der Waals surface area contributed by atoms with Crippen molar-refractivity contribution in [3.05, 3.63) is 70.8 Å². The molecule has 0 saturated heterocycles. The molecule has 0 aliphatic heterocycles. The van der Waals surface area contributed by atoms with Crippen LogP contribution >= 0.6 is 0 Å². The van der Waals surface area contributed by atoms with Gasteiger partial charge in [0.1, 0.15) is 27.6 Å². The lowest BCUT2D eigenvalue weighted by Gasteiger charge is -2.38. The predicted molar refractivity (Wildman–Crippen MR) is 177 cm³/mol. The lowest BCUT2D eigenvalue weighted by molar-refractivity contribution is 0.414. The zero-order valence-corrected chi connectivity index (χ0v) is 28.2. The molecule has 4 heteroatoms. The first-order chi connectivity index (χ1) is 18.8. The number of ether oxygens (including phenoxy) is 2. The van der Waals surface area contributed by atoms with Crippen molar-refractivity contribution >= 4 is 16.1 Å². The van der Waals surface area contributed by atoms with Crippen molar-refractivity contribution in [3.63, 3.8) is 0 Å². The van der Waals surface area contributed by atoms with Crippen molar-refractivity contribution in [2.45, 2.75) is 77.8 Å². The largest absolute Gasteiger partial charge is 0.497 e. The highest BCUT2D eigenvalue weighted by molar-refractivity contribution is 6.90. The van der Waals surface area contributed by atoms with Crippen LogP contribution in [-0.2, 0) is 0 Å². The molecule has 0 radical (unpaired) electrons. The van der Waals surface area contributed by atoms with Gasteiger partial charge in [0.05, 0.1) is 25.4 Å². The quantitative estimate of drug-likeness (QED) is 0.268. The van der Waals surface area contributed by atoms with Crippen LogP contribution in [0.3, 0.4) is 0 Å². The summed E-state index contributed by atoms with van der Waals surface area (Å²) in [5.41, 5.74) is 12.1. The molecular weight excluding hydrogens is 521 g/mol. The van der Waals surface area contributed by atoms with Gasteiger partial charge in [-0.1, -0.05) is 96.7 Å². The summed E-state index contributed by atoms with van der Waals surface area (Å²) in [5, 5.41) is 0. The molecule has 0 saturated carbocycles. The maximum atomic E-state index is 5.30. The predicted octanol–water partition coefficient (Wildman–Crippen LogP) is 8.51. The molecular formula is C36H44O2Si2. The minimum Gasteiger partial charge on any atom is -0.497 e. The van der Waals surface area contributed by atoms with Crippen LogP contribution in [0.15, 0.2) is 59.7 Å². The lowest BCUT2D eigenvalue weighted by atomic mass is 10.1. The van der Waals surface area contributed by atoms with E-state index in [1.165, 1.54) is 0 Å². The van der Waals surface area contributed by atoms with Crippen molar-refractivity contribution in [1.29, 1.82) is 0 Å². The molecule has 0 unspecified atom stereocenters. The van der Waals surface area contributed by atoms with E-state index in [2.05, 4.69) is 108 Å². The average Bonchev–Trinajstić information content (AvgIpc) is 2.90. The molecule has 40 heavy (non-hydrogen) atoms. The Bertz CT molecular complexity index is 1330. The molecule has 208 valence electrons. The number of methoxy groups -OCH3 is 2. The highest BCUT2D eigenvalue weighted by Crippen LogP contribution is 2.40. The van der Waals surface area contributed by atoms with Crippen LogP contribution in [0.4, 0.5) is 0 Å². The first-order valence-electron chi connectivity index (χ1n) is 13.9. The molecule has 0 fully saturated rings. The Morgan fingerprint density at radius 2 is 0.900 bits per heavy atom. The van der Waals surface area contributed by atoms with Gasteiger partial charge in [0.2, 0.25) is 0 Å². The van der Waals surface area contributed by atoms with Gasteiger partial charge in [0, 0.05) is 11.1 Å². The van der Waals surface area contributed by atoms with Gasteiger partial charge in [-0.25, -0.2) is 0 Å². The topological polar surface area (TPSA) is 18.5 Å². The molecule has 0 aliphatic rings. The van der Waals surface area contributed by atoms with Crippen LogP contribution in [0, 0.1) is 46.6 Å². The van der Waals surface area contributed by atoms with Crippen LogP contribution in [-0.4, -0.2) is 30.4 Å². The lowest BCUT2D eigenvalue weighted by Crippen LogP contribution is -2.43. The second-order valence-electron chi connectivity index (χ2n) is 11.9. The van der Waals surface area contributed by atoms with E-state index in [-0.39, 0.29) is 0 Å². The Kier molecular flexibility index (Phi) is 12.0. The van der Waals surface area contributed by atoms with Gasteiger partial charge in [0.25, 0.3) is 0 Å². The Balaban J connectivity index is 2.87. The monoisotopic (exact) mass is 564 g/mol. The molecule has 2 nitrogen and oxygen atoms in total. The van der Waals surface area contributed by atoms with E-state index >= 15 is 0 Å². The number of hydrogen-bond donors (Lipinski definition) is 0. The Morgan fingerprint density at radius 3 is 1.23 bits per heavy atom. The smallest absolute Gasteiger partial charge is 0.146 e. The number of rotatable bonds is 5. The van der Waals surface area contributed by atoms with E-state index in [1.807, 2.05) is 48.5 Å². The van der Waals surface area contributed by atoms with Crippen molar-refractivity contribution in [2.24, 2.45) is 0 Å². The van der Waals surface area contributed by atoms with Crippen molar-refractivity contribution in [3.8, 4) is 58.1 Å². The average molecular weight is 565 g/mol. The fourth-order valence-electron chi connectivity index (χ4n) is 4.78. The zero-order valence-electron chi connectivity index (χ0n) is 26.2. The normalized spacial score (nSPS) is 10.8. The van der Waals surface area contributed by atoms with Crippen LogP contribution in [0.5, 0.6) is 11.5 Å². The van der Waals surface area contributed by atoms with Gasteiger partial charge in [-0.3, -0.25) is 0 Å². The highest BCUT2D eigenvalue weighted by Gasteiger charge is 2.41. The maximum Gasteiger partial charge on any atom is 0.146 e. The molecule has 0 atom stereocenters. The summed E-state index contributed by atoms with van der Waals surface area (Å²) in [5.74, 6) is 21.9. The molecule has 0 aromatic heterocycles. The third kappa shape index (κ3) is 9.28. The molecule has 0 aliphatic carbocycles.